The molecule has 0 spiro atoms. The normalized spacial score (nSPS) is 9.89. The quantitative estimate of drug-likeness (QED) is 0.571. The molecule has 0 aliphatic carbocycles. The Morgan fingerprint density at radius 3 is 2.94 bits per heavy atom. The molecule has 0 atom stereocenters. The molecule has 1 aromatic rings. The van der Waals surface area contributed by atoms with Gasteiger partial charge in [-0.2, -0.15) is 0 Å². The van der Waals surface area contributed by atoms with Crippen LogP contribution in [0.1, 0.15) is 35.9 Å². The van der Waals surface area contributed by atoms with E-state index < -0.39 is 0 Å². The molecule has 0 saturated heterocycles. The van der Waals surface area contributed by atoms with Gasteiger partial charge in [-0.1, -0.05) is 19.4 Å². The molecule has 1 aromatic heterocycles. The molecular formula is C13H20N4O. The monoisotopic (exact) mass is 248 g/mol. The third-order valence-corrected chi connectivity index (χ3v) is 2.31. The number of carbonyl (C=O) groups excluding carboxylic acids is 1. The topological polar surface area (TPSA) is 66.9 Å². The predicted octanol–water partition coefficient (Wildman–Crippen LogP) is 1.91. The molecule has 0 unspecified atom stereocenters. The maximum atomic E-state index is 11.8. The largest absolute Gasteiger partial charge is 0.351 e. The Hall–Kier alpha value is -1.91. The zero-order valence-corrected chi connectivity index (χ0v) is 11.0. The van der Waals surface area contributed by atoms with Crippen molar-refractivity contribution in [1.82, 2.24) is 15.3 Å². The van der Waals surface area contributed by atoms with Crippen molar-refractivity contribution >= 4 is 11.9 Å². The molecule has 5 nitrogen and oxygen atoms in total. The molecule has 0 aliphatic rings. The zero-order valence-electron chi connectivity index (χ0n) is 11.0. The summed E-state index contributed by atoms with van der Waals surface area (Å²) in [5, 5.41) is 5.81. The fourth-order valence-electron chi connectivity index (χ4n) is 1.40. The smallest absolute Gasteiger partial charge is 0.270 e. The van der Waals surface area contributed by atoms with E-state index in [4.69, 9.17) is 0 Å². The Morgan fingerprint density at radius 1 is 1.50 bits per heavy atom. The molecule has 0 bridgehead atoms. The molecule has 1 heterocycles. The predicted molar refractivity (Wildman–Crippen MR) is 72.7 cm³/mol. The molecule has 5 heteroatoms. The maximum absolute atomic E-state index is 11.8. The highest BCUT2D eigenvalue weighted by Crippen LogP contribution is 2.04. The highest BCUT2D eigenvalue weighted by atomic mass is 16.1. The van der Waals surface area contributed by atoms with E-state index in [1.807, 2.05) is 6.92 Å². The Labute approximate surface area is 108 Å². The first-order valence-electron chi connectivity index (χ1n) is 6.16. The highest BCUT2D eigenvalue weighted by molar-refractivity contribution is 5.92. The number of nitrogens with one attached hydrogen (secondary N) is 2. The lowest BCUT2D eigenvalue weighted by atomic mass is 10.3. The molecule has 1 rings (SSSR count). The van der Waals surface area contributed by atoms with Crippen LogP contribution < -0.4 is 10.6 Å². The zero-order chi connectivity index (χ0) is 13.4. The van der Waals surface area contributed by atoms with Gasteiger partial charge >= 0.3 is 0 Å². The van der Waals surface area contributed by atoms with E-state index in [0.29, 0.717) is 24.7 Å². The maximum Gasteiger partial charge on any atom is 0.270 e. The lowest BCUT2D eigenvalue weighted by Crippen LogP contribution is -2.26. The fraction of sp³-hybridized carbons (Fsp3) is 0.462. The van der Waals surface area contributed by atoms with Crippen LogP contribution in [0.3, 0.4) is 0 Å². The van der Waals surface area contributed by atoms with E-state index in [-0.39, 0.29) is 5.91 Å². The summed E-state index contributed by atoms with van der Waals surface area (Å²) < 4.78 is 0. The summed E-state index contributed by atoms with van der Waals surface area (Å²) in [6.45, 7) is 8.77. The lowest BCUT2D eigenvalue weighted by Gasteiger charge is -2.07. The van der Waals surface area contributed by atoms with Crippen molar-refractivity contribution in [2.45, 2.75) is 26.7 Å². The first kappa shape index (κ1) is 14.2. The van der Waals surface area contributed by atoms with Crippen LogP contribution >= 0.6 is 0 Å². The number of hydrogen-bond donors (Lipinski definition) is 2. The molecule has 0 aliphatic heterocycles. The van der Waals surface area contributed by atoms with Crippen molar-refractivity contribution in [3.63, 3.8) is 0 Å². The average molecular weight is 248 g/mol. The van der Waals surface area contributed by atoms with Gasteiger partial charge in [0.25, 0.3) is 5.91 Å². The number of unbranched alkanes of at least 4 members (excludes halogenated alkanes) is 1. The molecular weight excluding hydrogens is 228 g/mol. The van der Waals surface area contributed by atoms with Crippen LogP contribution in [0, 0.1) is 6.92 Å². The van der Waals surface area contributed by atoms with Crippen LogP contribution in [-0.4, -0.2) is 29.0 Å². The Balaban J connectivity index is 2.71. The van der Waals surface area contributed by atoms with Crippen LogP contribution in [0.2, 0.25) is 0 Å². The van der Waals surface area contributed by atoms with Crippen LogP contribution in [0.4, 0.5) is 5.95 Å². The van der Waals surface area contributed by atoms with Crippen molar-refractivity contribution in [2.75, 3.05) is 18.4 Å². The van der Waals surface area contributed by atoms with Crippen LogP contribution in [0.25, 0.3) is 0 Å². The highest BCUT2D eigenvalue weighted by Gasteiger charge is 2.09. The summed E-state index contributed by atoms with van der Waals surface area (Å²) in [6.07, 6.45) is 3.74. The molecule has 1 amide bonds. The second kappa shape index (κ2) is 7.42. The first-order chi connectivity index (χ1) is 8.67. The minimum absolute atomic E-state index is 0.157. The second-order valence-corrected chi connectivity index (χ2v) is 4.00. The van der Waals surface area contributed by atoms with Crippen molar-refractivity contribution in [3.8, 4) is 0 Å². The van der Waals surface area contributed by atoms with Gasteiger partial charge in [0.15, 0.2) is 0 Å². The van der Waals surface area contributed by atoms with Gasteiger partial charge in [0.05, 0.1) is 0 Å². The van der Waals surface area contributed by atoms with Gasteiger partial charge in [-0.15, -0.1) is 6.58 Å². The number of amides is 1. The molecule has 98 valence electrons. The Kier molecular flexibility index (Phi) is 5.84. The van der Waals surface area contributed by atoms with Crippen LogP contribution in [0.15, 0.2) is 18.7 Å². The fourth-order valence-corrected chi connectivity index (χ4v) is 1.40. The minimum Gasteiger partial charge on any atom is -0.351 e. The van der Waals surface area contributed by atoms with Gasteiger partial charge in [-0.25, -0.2) is 9.97 Å². The van der Waals surface area contributed by atoms with Gasteiger partial charge in [0, 0.05) is 18.8 Å². The number of hydrogen-bond acceptors (Lipinski definition) is 4. The van der Waals surface area contributed by atoms with Gasteiger partial charge < -0.3 is 10.6 Å². The SMILES string of the molecule is C=CCNc1nc(C)cc(C(=O)NCCCC)n1. The van der Waals surface area contributed by atoms with Gasteiger partial charge in [0.1, 0.15) is 5.69 Å². The Morgan fingerprint density at radius 2 is 2.28 bits per heavy atom. The van der Waals surface area contributed by atoms with Gasteiger partial charge in [-0.3, -0.25) is 4.79 Å². The summed E-state index contributed by atoms with van der Waals surface area (Å²) >= 11 is 0. The number of carbonyl (C=O) groups is 1. The molecule has 2 N–H and O–H groups in total. The average Bonchev–Trinajstić information content (AvgIpc) is 2.36. The van der Waals surface area contributed by atoms with Crippen molar-refractivity contribution in [3.05, 3.63) is 30.1 Å². The number of aryl methyl sites for hydroxylation is 1. The number of aromatic nitrogens is 2. The van der Waals surface area contributed by atoms with E-state index in [0.717, 1.165) is 18.5 Å². The summed E-state index contributed by atoms with van der Waals surface area (Å²) in [7, 11) is 0. The molecule has 0 aromatic carbocycles. The van der Waals surface area contributed by atoms with E-state index >= 15 is 0 Å². The van der Waals surface area contributed by atoms with E-state index in [2.05, 4.69) is 34.1 Å². The Bertz CT molecular complexity index is 417. The summed E-state index contributed by atoms with van der Waals surface area (Å²) in [6, 6.07) is 1.68. The standard InChI is InChI=1S/C13H20N4O/c1-4-6-8-14-12(18)11-9-10(3)16-13(17-11)15-7-5-2/h5,9H,2,4,6-8H2,1,3H3,(H,14,18)(H,15,16,17). The number of anilines is 1. The van der Waals surface area contributed by atoms with E-state index in [9.17, 15) is 4.79 Å². The second-order valence-electron chi connectivity index (χ2n) is 4.00. The van der Waals surface area contributed by atoms with Crippen LogP contribution in [0.5, 0.6) is 0 Å². The van der Waals surface area contributed by atoms with Crippen molar-refractivity contribution in [1.29, 1.82) is 0 Å². The van der Waals surface area contributed by atoms with Gasteiger partial charge in [0.2, 0.25) is 5.95 Å². The van der Waals surface area contributed by atoms with Crippen molar-refractivity contribution in [2.24, 2.45) is 0 Å². The summed E-state index contributed by atoms with van der Waals surface area (Å²) in [5.74, 6) is 0.297. The molecule has 0 fully saturated rings. The van der Waals surface area contributed by atoms with Crippen LogP contribution in [-0.2, 0) is 0 Å². The third-order valence-electron chi connectivity index (χ3n) is 2.31. The first-order valence-corrected chi connectivity index (χ1v) is 6.16. The van der Waals surface area contributed by atoms with E-state index in [1.54, 1.807) is 12.1 Å². The molecule has 0 radical (unpaired) electrons. The third kappa shape index (κ3) is 4.53. The van der Waals surface area contributed by atoms with Crippen molar-refractivity contribution < 1.29 is 4.79 Å². The minimum atomic E-state index is -0.157. The number of rotatable bonds is 7. The molecule has 18 heavy (non-hydrogen) atoms. The van der Waals surface area contributed by atoms with E-state index in [1.165, 1.54) is 0 Å². The molecule has 0 saturated carbocycles. The summed E-state index contributed by atoms with van der Waals surface area (Å²) in [4.78, 5) is 20.2. The van der Waals surface area contributed by atoms with Gasteiger partial charge in [-0.05, 0) is 19.4 Å². The summed E-state index contributed by atoms with van der Waals surface area (Å²) in [5.41, 5.74) is 1.15. The number of nitrogens with zero attached hydrogens (tertiary/aromatic N) is 2. The lowest BCUT2D eigenvalue weighted by molar-refractivity contribution is 0.0948.